The van der Waals surface area contributed by atoms with Crippen molar-refractivity contribution in [2.45, 2.75) is 25.7 Å². The van der Waals surface area contributed by atoms with Crippen LogP contribution in [0.1, 0.15) is 36.8 Å². The topological polar surface area (TPSA) is 107 Å². The summed E-state index contributed by atoms with van der Waals surface area (Å²) in [6, 6.07) is 19.0. The predicted molar refractivity (Wildman–Crippen MR) is 145 cm³/mol. The lowest BCUT2D eigenvalue weighted by Crippen LogP contribution is -2.17. The summed E-state index contributed by atoms with van der Waals surface area (Å²) in [6.07, 6.45) is 7.66. The number of nitrogens with zero attached hydrogens (tertiary/aromatic N) is 4. The average Bonchev–Trinajstić information content (AvgIpc) is 3.68. The third-order valence-corrected chi connectivity index (χ3v) is 6.58. The van der Waals surface area contributed by atoms with Crippen LogP contribution in [0, 0.1) is 22.7 Å². The zero-order valence-corrected chi connectivity index (χ0v) is 21.3. The lowest BCUT2D eigenvalue weighted by molar-refractivity contribution is -0.146. The van der Waals surface area contributed by atoms with Gasteiger partial charge in [0.1, 0.15) is 36.5 Å². The molecule has 0 unspecified atom stereocenters. The number of benzene rings is 2. The van der Waals surface area contributed by atoms with Crippen LogP contribution in [0.25, 0.3) is 12.2 Å². The minimum absolute atomic E-state index is 0.153. The highest BCUT2D eigenvalue weighted by molar-refractivity contribution is 5.98. The molecule has 8 heteroatoms. The van der Waals surface area contributed by atoms with Crippen molar-refractivity contribution >= 4 is 35.5 Å². The molecule has 194 valence electrons. The fraction of sp³-hybridized carbons (Fsp3) is 0.333. The van der Waals surface area contributed by atoms with Gasteiger partial charge >= 0.3 is 11.9 Å². The van der Waals surface area contributed by atoms with E-state index in [0.29, 0.717) is 11.1 Å². The Hall–Kier alpha value is -4.56. The molecule has 0 aliphatic carbocycles. The van der Waals surface area contributed by atoms with Crippen molar-refractivity contribution < 1.29 is 19.1 Å². The molecule has 0 N–H and O–H groups in total. The first kappa shape index (κ1) is 26.5. The lowest BCUT2D eigenvalue weighted by Gasteiger charge is -2.17. The van der Waals surface area contributed by atoms with E-state index in [0.717, 1.165) is 37.6 Å². The van der Waals surface area contributed by atoms with Crippen LogP contribution in [0.4, 0.5) is 11.4 Å². The quantitative estimate of drug-likeness (QED) is 0.210. The first-order valence-electron chi connectivity index (χ1n) is 12.9. The zero-order valence-electron chi connectivity index (χ0n) is 21.3. The van der Waals surface area contributed by atoms with Gasteiger partial charge in [0.05, 0.1) is 0 Å². The first-order valence-corrected chi connectivity index (χ1v) is 12.9. The number of esters is 2. The van der Waals surface area contributed by atoms with Crippen molar-refractivity contribution in [2.24, 2.45) is 0 Å². The maximum absolute atomic E-state index is 12.3. The third-order valence-electron chi connectivity index (χ3n) is 6.58. The van der Waals surface area contributed by atoms with Crippen LogP contribution in [-0.4, -0.2) is 51.3 Å². The largest absolute Gasteiger partial charge is 0.458 e. The molecule has 2 fully saturated rings. The second-order valence-electron chi connectivity index (χ2n) is 9.18. The fourth-order valence-electron chi connectivity index (χ4n) is 4.54. The number of carbonyl (C=O) groups is 2. The Morgan fingerprint density at radius 1 is 0.658 bits per heavy atom. The molecule has 2 aliphatic heterocycles. The molecule has 2 saturated heterocycles. The van der Waals surface area contributed by atoms with Crippen molar-refractivity contribution in [2.75, 3.05) is 49.2 Å². The van der Waals surface area contributed by atoms with Crippen LogP contribution in [0.15, 0.2) is 59.7 Å². The van der Waals surface area contributed by atoms with E-state index in [1.54, 1.807) is 0 Å². The van der Waals surface area contributed by atoms with E-state index >= 15 is 0 Å². The molecule has 0 amide bonds. The van der Waals surface area contributed by atoms with Crippen molar-refractivity contribution in [1.29, 1.82) is 10.5 Å². The summed E-state index contributed by atoms with van der Waals surface area (Å²) in [6.45, 7) is 3.67. The van der Waals surface area contributed by atoms with E-state index in [9.17, 15) is 20.1 Å². The number of hydrogen-bond donors (Lipinski definition) is 0. The third kappa shape index (κ3) is 7.02. The second kappa shape index (κ2) is 13.1. The van der Waals surface area contributed by atoms with Gasteiger partial charge in [0.15, 0.2) is 0 Å². The highest BCUT2D eigenvalue weighted by atomic mass is 16.6. The van der Waals surface area contributed by atoms with Crippen LogP contribution in [-0.2, 0) is 19.1 Å². The second-order valence-corrected chi connectivity index (χ2v) is 9.18. The normalized spacial score (nSPS) is 15.6. The number of rotatable bonds is 9. The minimum atomic E-state index is -0.804. The van der Waals surface area contributed by atoms with Gasteiger partial charge in [-0.15, -0.1) is 0 Å². The Bertz CT molecular complexity index is 1170. The Morgan fingerprint density at radius 3 is 1.32 bits per heavy atom. The maximum Gasteiger partial charge on any atom is 0.349 e. The van der Waals surface area contributed by atoms with Gasteiger partial charge in [0.25, 0.3) is 0 Å². The molecule has 0 saturated carbocycles. The monoisotopic (exact) mass is 510 g/mol. The van der Waals surface area contributed by atoms with Gasteiger partial charge < -0.3 is 19.3 Å². The van der Waals surface area contributed by atoms with E-state index in [1.807, 2.05) is 60.7 Å². The van der Waals surface area contributed by atoms with Crippen LogP contribution >= 0.6 is 0 Å². The SMILES string of the molecule is N#CC(=Cc1ccc(N2CCCC2)cc1)C(=O)OCCOC(=O)C(C#N)=Cc1ccc(N2CCCC2)cc1. The van der Waals surface area contributed by atoms with Crippen LogP contribution in [0.5, 0.6) is 0 Å². The van der Waals surface area contributed by atoms with Crippen LogP contribution < -0.4 is 9.80 Å². The predicted octanol–water partition coefficient (Wildman–Crippen LogP) is 4.49. The smallest absolute Gasteiger partial charge is 0.349 e. The lowest BCUT2D eigenvalue weighted by atomic mass is 10.1. The van der Waals surface area contributed by atoms with Gasteiger partial charge in [-0.05, 0) is 73.2 Å². The van der Waals surface area contributed by atoms with Gasteiger partial charge in [0.2, 0.25) is 0 Å². The molecule has 2 heterocycles. The van der Waals surface area contributed by atoms with E-state index in [2.05, 4.69) is 9.80 Å². The van der Waals surface area contributed by atoms with Crippen LogP contribution in [0.2, 0.25) is 0 Å². The molecule has 2 aromatic rings. The van der Waals surface area contributed by atoms with Crippen molar-refractivity contribution in [3.63, 3.8) is 0 Å². The first-order chi connectivity index (χ1) is 18.6. The average molecular weight is 511 g/mol. The van der Waals surface area contributed by atoms with Crippen LogP contribution in [0.3, 0.4) is 0 Å². The molecule has 0 spiro atoms. The summed E-state index contributed by atoms with van der Waals surface area (Å²) in [4.78, 5) is 29.2. The Morgan fingerprint density at radius 2 is 1.00 bits per heavy atom. The van der Waals surface area contributed by atoms with Crippen molar-refractivity contribution in [3.8, 4) is 12.1 Å². The Labute approximate surface area is 223 Å². The molecule has 2 aromatic carbocycles. The zero-order chi connectivity index (χ0) is 26.7. The summed E-state index contributed by atoms with van der Waals surface area (Å²) >= 11 is 0. The van der Waals surface area contributed by atoms with E-state index in [4.69, 9.17) is 9.47 Å². The number of ether oxygens (including phenoxy) is 2. The van der Waals surface area contributed by atoms with Gasteiger partial charge in [0, 0.05) is 37.6 Å². The van der Waals surface area contributed by atoms with E-state index < -0.39 is 11.9 Å². The number of hydrogen-bond acceptors (Lipinski definition) is 8. The maximum atomic E-state index is 12.3. The molecular formula is C30H30N4O4. The molecule has 0 atom stereocenters. The van der Waals surface area contributed by atoms with Crippen molar-refractivity contribution in [1.82, 2.24) is 0 Å². The summed E-state index contributed by atoms with van der Waals surface area (Å²) in [5.74, 6) is -1.61. The molecule has 0 radical (unpaired) electrons. The Kier molecular flexibility index (Phi) is 9.15. The highest BCUT2D eigenvalue weighted by Gasteiger charge is 2.16. The van der Waals surface area contributed by atoms with E-state index in [-0.39, 0.29) is 24.4 Å². The standard InChI is InChI=1S/C30H30N4O4/c31-21-25(19-23-5-9-27(10-6-23)33-13-1-2-14-33)29(35)37-17-18-38-30(36)26(22-32)20-24-7-11-28(12-8-24)34-15-3-4-16-34/h5-12,19-20H,1-4,13-18H2. The highest BCUT2D eigenvalue weighted by Crippen LogP contribution is 2.22. The van der Waals surface area contributed by atoms with Gasteiger partial charge in [-0.25, -0.2) is 9.59 Å². The summed E-state index contributed by atoms with van der Waals surface area (Å²) in [5, 5.41) is 18.8. The minimum Gasteiger partial charge on any atom is -0.458 e. The van der Waals surface area contributed by atoms with E-state index in [1.165, 1.54) is 37.8 Å². The Balaban J connectivity index is 1.25. The molecule has 0 aromatic heterocycles. The summed E-state index contributed by atoms with van der Waals surface area (Å²) in [7, 11) is 0. The summed E-state index contributed by atoms with van der Waals surface area (Å²) < 4.78 is 10.2. The number of anilines is 2. The molecular weight excluding hydrogens is 480 g/mol. The number of carbonyl (C=O) groups excluding carboxylic acids is 2. The molecule has 2 aliphatic rings. The van der Waals surface area contributed by atoms with Gasteiger partial charge in [-0.1, -0.05) is 24.3 Å². The van der Waals surface area contributed by atoms with Gasteiger partial charge in [-0.2, -0.15) is 10.5 Å². The molecule has 8 nitrogen and oxygen atoms in total. The molecule has 4 rings (SSSR count). The summed E-state index contributed by atoms with van der Waals surface area (Å²) in [5.41, 5.74) is 3.36. The number of nitriles is 2. The molecule has 0 bridgehead atoms. The fourth-order valence-corrected chi connectivity index (χ4v) is 4.54. The van der Waals surface area contributed by atoms with Crippen molar-refractivity contribution in [3.05, 3.63) is 70.8 Å². The molecule has 38 heavy (non-hydrogen) atoms. The van der Waals surface area contributed by atoms with Gasteiger partial charge in [-0.3, -0.25) is 0 Å².